The molecule has 1 fully saturated rings. The number of benzene rings is 2. The molecule has 2 aromatic carbocycles. The largest absolute Gasteiger partial charge is 0.377 e. The van der Waals surface area contributed by atoms with E-state index in [0.717, 1.165) is 32.4 Å². The summed E-state index contributed by atoms with van der Waals surface area (Å²) in [7, 11) is 0. The molecule has 2 heterocycles. The van der Waals surface area contributed by atoms with Crippen LogP contribution in [-0.4, -0.2) is 23.9 Å². The SMILES string of the molecule is O=C1Nc2ccc(F)cc2/C1=C\N1CCC(Cc2ccccc2)CC1. The van der Waals surface area contributed by atoms with Gasteiger partial charge in [0.25, 0.3) is 5.91 Å². The summed E-state index contributed by atoms with van der Waals surface area (Å²) in [6.07, 6.45) is 5.23. The van der Waals surface area contributed by atoms with Crippen molar-refractivity contribution in [3.8, 4) is 0 Å². The van der Waals surface area contributed by atoms with Crippen LogP contribution in [0, 0.1) is 11.7 Å². The monoisotopic (exact) mass is 336 g/mol. The molecule has 0 aliphatic carbocycles. The van der Waals surface area contributed by atoms with Crippen LogP contribution in [-0.2, 0) is 11.2 Å². The van der Waals surface area contributed by atoms with E-state index in [1.54, 1.807) is 6.07 Å². The molecule has 3 nitrogen and oxygen atoms in total. The number of halogens is 1. The number of fused-ring (bicyclic) bond motifs is 1. The molecule has 1 saturated heterocycles. The van der Waals surface area contributed by atoms with Gasteiger partial charge in [-0.25, -0.2) is 4.39 Å². The van der Waals surface area contributed by atoms with Crippen LogP contribution in [0.4, 0.5) is 10.1 Å². The molecule has 0 saturated carbocycles. The number of hydrogen-bond donors (Lipinski definition) is 1. The zero-order valence-corrected chi connectivity index (χ0v) is 14.0. The first kappa shape index (κ1) is 15.9. The number of carbonyl (C=O) groups excluding carboxylic acids is 1. The Hall–Kier alpha value is -2.62. The fourth-order valence-corrected chi connectivity index (χ4v) is 3.70. The van der Waals surface area contributed by atoms with Gasteiger partial charge >= 0.3 is 0 Å². The average molecular weight is 336 g/mol. The molecule has 1 N–H and O–H groups in total. The number of nitrogens with zero attached hydrogens (tertiary/aromatic N) is 1. The number of piperidine rings is 1. The molecule has 25 heavy (non-hydrogen) atoms. The van der Waals surface area contributed by atoms with Crippen molar-refractivity contribution in [3.05, 3.63) is 71.7 Å². The van der Waals surface area contributed by atoms with Gasteiger partial charge in [0.05, 0.1) is 5.57 Å². The smallest absolute Gasteiger partial charge is 0.257 e. The molecule has 2 aliphatic heterocycles. The van der Waals surface area contributed by atoms with Gasteiger partial charge in [-0.3, -0.25) is 4.79 Å². The molecular weight excluding hydrogens is 315 g/mol. The van der Waals surface area contributed by atoms with Gasteiger partial charge in [-0.2, -0.15) is 0 Å². The minimum atomic E-state index is -0.317. The molecule has 2 aromatic rings. The maximum Gasteiger partial charge on any atom is 0.257 e. The van der Waals surface area contributed by atoms with Crippen LogP contribution in [0.1, 0.15) is 24.0 Å². The second kappa shape index (κ2) is 6.71. The van der Waals surface area contributed by atoms with Crippen molar-refractivity contribution in [2.75, 3.05) is 18.4 Å². The van der Waals surface area contributed by atoms with Gasteiger partial charge < -0.3 is 10.2 Å². The van der Waals surface area contributed by atoms with E-state index in [9.17, 15) is 9.18 Å². The van der Waals surface area contributed by atoms with Gasteiger partial charge in [0.1, 0.15) is 5.82 Å². The van der Waals surface area contributed by atoms with Crippen LogP contribution >= 0.6 is 0 Å². The van der Waals surface area contributed by atoms with Crippen molar-refractivity contribution in [1.82, 2.24) is 4.90 Å². The molecule has 0 bridgehead atoms. The highest BCUT2D eigenvalue weighted by atomic mass is 19.1. The third-order valence-electron chi connectivity index (χ3n) is 5.09. The molecule has 1 amide bonds. The Balaban J connectivity index is 1.43. The topological polar surface area (TPSA) is 32.3 Å². The van der Waals surface area contributed by atoms with Crippen molar-refractivity contribution in [3.63, 3.8) is 0 Å². The number of amides is 1. The molecule has 4 rings (SSSR count). The highest BCUT2D eigenvalue weighted by molar-refractivity contribution is 6.31. The Kier molecular flexibility index (Phi) is 4.26. The summed E-state index contributed by atoms with van der Waals surface area (Å²) >= 11 is 0. The molecule has 2 aliphatic rings. The normalized spacial score (nSPS) is 19.2. The summed E-state index contributed by atoms with van der Waals surface area (Å²) in [4.78, 5) is 14.4. The number of hydrogen-bond acceptors (Lipinski definition) is 2. The van der Waals surface area contributed by atoms with Crippen molar-refractivity contribution in [1.29, 1.82) is 0 Å². The highest BCUT2D eigenvalue weighted by Crippen LogP contribution is 2.33. The van der Waals surface area contributed by atoms with Crippen molar-refractivity contribution in [2.45, 2.75) is 19.3 Å². The van der Waals surface area contributed by atoms with E-state index in [1.807, 2.05) is 12.3 Å². The molecule has 0 spiro atoms. The van der Waals surface area contributed by atoms with Crippen molar-refractivity contribution in [2.24, 2.45) is 5.92 Å². The van der Waals surface area contributed by atoms with Gasteiger partial charge in [0.2, 0.25) is 0 Å². The Morgan fingerprint density at radius 1 is 1.12 bits per heavy atom. The second-order valence-corrected chi connectivity index (χ2v) is 6.86. The zero-order chi connectivity index (χ0) is 17.2. The maximum absolute atomic E-state index is 13.5. The lowest BCUT2D eigenvalue weighted by Crippen LogP contribution is -2.31. The summed E-state index contributed by atoms with van der Waals surface area (Å²) < 4.78 is 13.5. The van der Waals surface area contributed by atoms with Gasteiger partial charge in [-0.05, 0) is 48.9 Å². The third kappa shape index (κ3) is 3.43. The lowest BCUT2D eigenvalue weighted by atomic mass is 9.90. The predicted molar refractivity (Wildman–Crippen MR) is 97.4 cm³/mol. The van der Waals surface area contributed by atoms with Gasteiger partial charge in [0.15, 0.2) is 0 Å². The predicted octanol–water partition coefficient (Wildman–Crippen LogP) is 4.07. The lowest BCUT2D eigenvalue weighted by Gasteiger charge is -2.31. The Morgan fingerprint density at radius 3 is 2.64 bits per heavy atom. The van der Waals surface area contributed by atoms with Crippen LogP contribution in [0.2, 0.25) is 0 Å². The Bertz CT molecular complexity index is 808. The fraction of sp³-hybridized carbons (Fsp3) is 0.286. The van der Waals surface area contributed by atoms with Crippen LogP contribution in [0.3, 0.4) is 0 Å². The van der Waals surface area contributed by atoms with E-state index in [1.165, 1.54) is 17.7 Å². The zero-order valence-electron chi connectivity index (χ0n) is 14.0. The van der Waals surface area contributed by atoms with E-state index in [2.05, 4.69) is 34.5 Å². The quantitative estimate of drug-likeness (QED) is 0.857. The third-order valence-corrected chi connectivity index (χ3v) is 5.09. The summed E-state index contributed by atoms with van der Waals surface area (Å²) in [6.45, 7) is 1.86. The molecule has 4 heteroatoms. The molecule has 0 unspecified atom stereocenters. The minimum absolute atomic E-state index is 0.146. The first-order valence-electron chi connectivity index (χ1n) is 8.80. The van der Waals surface area contributed by atoms with E-state index in [4.69, 9.17) is 0 Å². The highest BCUT2D eigenvalue weighted by Gasteiger charge is 2.26. The maximum atomic E-state index is 13.5. The van der Waals surface area contributed by atoms with Crippen LogP contribution in [0.15, 0.2) is 54.7 Å². The Labute approximate surface area is 147 Å². The summed E-state index contributed by atoms with van der Waals surface area (Å²) in [6, 6.07) is 15.0. The molecular formula is C21H21FN2O. The molecule has 128 valence electrons. The summed E-state index contributed by atoms with van der Waals surface area (Å²) in [5.74, 6) is 0.217. The standard InChI is InChI=1S/C21H21FN2O/c22-17-6-7-20-18(13-17)19(21(25)23-20)14-24-10-8-16(9-11-24)12-15-4-2-1-3-5-15/h1-7,13-14,16H,8-12H2,(H,23,25)/b19-14+. The first-order valence-corrected chi connectivity index (χ1v) is 8.80. The minimum Gasteiger partial charge on any atom is -0.377 e. The Morgan fingerprint density at radius 2 is 1.88 bits per heavy atom. The van der Waals surface area contributed by atoms with E-state index >= 15 is 0 Å². The van der Waals surface area contributed by atoms with Gasteiger partial charge in [0, 0.05) is 30.5 Å². The molecule has 0 aromatic heterocycles. The molecule has 0 radical (unpaired) electrons. The lowest BCUT2D eigenvalue weighted by molar-refractivity contribution is -0.110. The van der Waals surface area contributed by atoms with Gasteiger partial charge in [-0.15, -0.1) is 0 Å². The number of carbonyl (C=O) groups is 1. The number of nitrogens with one attached hydrogen (secondary N) is 1. The van der Waals surface area contributed by atoms with E-state index in [0.29, 0.717) is 22.7 Å². The van der Waals surface area contributed by atoms with Crippen molar-refractivity contribution < 1.29 is 9.18 Å². The summed E-state index contributed by atoms with van der Waals surface area (Å²) in [5, 5.41) is 2.81. The molecule has 0 atom stereocenters. The van der Waals surface area contributed by atoms with Crippen LogP contribution < -0.4 is 5.32 Å². The van der Waals surface area contributed by atoms with E-state index < -0.39 is 0 Å². The average Bonchev–Trinajstić information content (AvgIpc) is 2.93. The van der Waals surface area contributed by atoms with Gasteiger partial charge in [-0.1, -0.05) is 30.3 Å². The van der Waals surface area contributed by atoms with E-state index in [-0.39, 0.29) is 11.7 Å². The van der Waals surface area contributed by atoms with Crippen LogP contribution in [0.25, 0.3) is 5.57 Å². The fourth-order valence-electron chi connectivity index (χ4n) is 3.70. The summed E-state index contributed by atoms with van der Waals surface area (Å²) in [5.41, 5.74) is 3.31. The first-order chi connectivity index (χ1) is 12.2. The second-order valence-electron chi connectivity index (χ2n) is 6.86. The number of rotatable bonds is 3. The van der Waals surface area contributed by atoms with Crippen LogP contribution in [0.5, 0.6) is 0 Å². The van der Waals surface area contributed by atoms with Crippen molar-refractivity contribution >= 4 is 17.2 Å². The number of anilines is 1. The number of likely N-dealkylation sites (tertiary alicyclic amines) is 1.